The molecule has 0 radical (unpaired) electrons. The fourth-order valence-corrected chi connectivity index (χ4v) is 2.50. The highest BCUT2D eigenvalue weighted by Gasteiger charge is 2.29. The molecule has 1 aromatic carbocycles. The number of halogens is 2. The van der Waals surface area contributed by atoms with E-state index >= 15 is 0 Å². The molecule has 0 fully saturated rings. The van der Waals surface area contributed by atoms with Crippen LogP contribution in [-0.4, -0.2) is 36.5 Å². The van der Waals surface area contributed by atoms with E-state index in [2.05, 4.69) is 17.2 Å². The summed E-state index contributed by atoms with van der Waals surface area (Å²) < 4.78 is 5.16. The van der Waals surface area contributed by atoms with Crippen LogP contribution in [0.1, 0.15) is 31.1 Å². The van der Waals surface area contributed by atoms with Crippen LogP contribution in [0.15, 0.2) is 30.9 Å². The van der Waals surface area contributed by atoms with Crippen LogP contribution in [0, 0.1) is 5.92 Å². The number of hydrogen-bond acceptors (Lipinski definition) is 4. The predicted octanol–water partition coefficient (Wildman–Crippen LogP) is 2.98. The lowest BCUT2D eigenvalue weighted by Crippen LogP contribution is -2.47. The van der Waals surface area contributed by atoms with E-state index in [1.165, 1.54) is 31.2 Å². The van der Waals surface area contributed by atoms with Crippen LogP contribution < -0.4 is 10.6 Å². The molecule has 8 heteroatoms. The summed E-state index contributed by atoms with van der Waals surface area (Å²) in [7, 11) is 0. The van der Waals surface area contributed by atoms with Crippen molar-refractivity contribution >= 4 is 41.0 Å². The molecule has 2 atom stereocenters. The van der Waals surface area contributed by atoms with Gasteiger partial charge in [-0.15, -0.1) is 6.58 Å². The third-order valence-corrected chi connectivity index (χ3v) is 4.01. The fourth-order valence-electron chi connectivity index (χ4n) is 2.01. The number of nitrogens with one attached hydrogen (secondary N) is 2. The zero-order valence-electron chi connectivity index (χ0n) is 14.8. The van der Waals surface area contributed by atoms with Crippen LogP contribution in [-0.2, 0) is 14.3 Å². The highest BCUT2D eigenvalue weighted by atomic mass is 35.5. The summed E-state index contributed by atoms with van der Waals surface area (Å²) in [6.45, 7) is 8.70. The summed E-state index contributed by atoms with van der Waals surface area (Å²) in [5.41, 5.74) is 0.186. The quantitative estimate of drug-likeness (QED) is 0.518. The van der Waals surface area contributed by atoms with Gasteiger partial charge in [-0.3, -0.25) is 9.59 Å². The van der Waals surface area contributed by atoms with Crippen LogP contribution >= 0.6 is 23.2 Å². The summed E-state index contributed by atoms with van der Waals surface area (Å²) in [4.78, 5) is 36.6. The second-order valence-electron chi connectivity index (χ2n) is 5.93. The topological polar surface area (TPSA) is 84.5 Å². The average Bonchev–Trinajstić information content (AvgIpc) is 2.56. The molecule has 1 rings (SSSR count). The molecule has 0 aliphatic carbocycles. The van der Waals surface area contributed by atoms with Gasteiger partial charge in [-0.05, 0) is 31.0 Å². The molecule has 0 aliphatic rings. The molecular weight excluding hydrogens is 379 g/mol. The minimum Gasteiger partial charge on any atom is -0.451 e. The van der Waals surface area contributed by atoms with E-state index in [9.17, 15) is 14.4 Å². The van der Waals surface area contributed by atoms with Crippen molar-refractivity contribution in [3.63, 3.8) is 0 Å². The molecule has 26 heavy (non-hydrogen) atoms. The van der Waals surface area contributed by atoms with E-state index in [1.807, 2.05) is 0 Å². The molecule has 0 aliphatic heterocycles. The second-order valence-corrected chi connectivity index (χ2v) is 6.78. The monoisotopic (exact) mass is 400 g/mol. The molecule has 2 amide bonds. The molecular formula is C18H22Cl2N2O4. The lowest BCUT2D eigenvalue weighted by molar-refractivity contribution is -0.157. The van der Waals surface area contributed by atoms with Crippen LogP contribution in [0.3, 0.4) is 0 Å². The number of esters is 1. The molecule has 2 N–H and O–H groups in total. The SMILES string of the molecule is C=CCNC(=O)[C@@H](C)OC(=O)[C@@H](NC(=O)c1ccc(Cl)cc1Cl)C(C)C. The number of benzene rings is 1. The summed E-state index contributed by atoms with van der Waals surface area (Å²) in [6, 6.07) is 3.49. The van der Waals surface area contributed by atoms with Gasteiger partial charge in [0.15, 0.2) is 6.10 Å². The lowest BCUT2D eigenvalue weighted by Gasteiger charge is -2.23. The summed E-state index contributed by atoms with van der Waals surface area (Å²) in [5.74, 6) is -1.96. The average molecular weight is 401 g/mol. The van der Waals surface area contributed by atoms with E-state index < -0.39 is 29.9 Å². The van der Waals surface area contributed by atoms with Crippen molar-refractivity contribution in [2.75, 3.05) is 6.54 Å². The highest BCUT2D eigenvalue weighted by molar-refractivity contribution is 6.36. The van der Waals surface area contributed by atoms with Gasteiger partial charge in [0.2, 0.25) is 0 Å². The van der Waals surface area contributed by atoms with Crippen molar-refractivity contribution in [2.24, 2.45) is 5.92 Å². The van der Waals surface area contributed by atoms with Gasteiger partial charge in [-0.25, -0.2) is 4.79 Å². The smallest absolute Gasteiger partial charge is 0.329 e. The van der Waals surface area contributed by atoms with Gasteiger partial charge in [0.1, 0.15) is 6.04 Å². The van der Waals surface area contributed by atoms with E-state index in [4.69, 9.17) is 27.9 Å². The Kier molecular flexibility index (Phi) is 8.61. The number of ether oxygens (including phenoxy) is 1. The van der Waals surface area contributed by atoms with E-state index in [-0.39, 0.29) is 23.0 Å². The molecule has 1 aromatic rings. The largest absolute Gasteiger partial charge is 0.451 e. The van der Waals surface area contributed by atoms with Crippen molar-refractivity contribution < 1.29 is 19.1 Å². The van der Waals surface area contributed by atoms with Gasteiger partial charge in [0.05, 0.1) is 10.6 Å². The van der Waals surface area contributed by atoms with E-state index in [1.54, 1.807) is 13.8 Å². The molecule has 0 saturated carbocycles. The van der Waals surface area contributed by atoms with Gasteiger partial charge in [0.25, 0.3) is 11.8 Å². The normalized spacial score (nSPS) is 12.8. The van der Waals surface area contributed by atoms with Crippen LogP contribution in [0.25, 0.3) is 0 Å². The molecule has 0 bridgehead atoms. The molecule has 142 valence electrons. The maximum absolute atomic E-state index is 12.4. The van der Waals surface area contributed by atoms with Crippen LogP contribution in [0.2, 0.25) is 10.0 Å². The Morgan fingerprint density at radius 3 is 2.42 bits per heavy atom. The third-order valence-electron chi connectivity index (χ3n) is 3.47. The minimum atomic E-state index is -1.00. The van der Waals surface area contributed by atoms with Crippen molar-refractivity contribution in [1.29, 1.82) is 0 Å². The molecule has 0 heterocycles. The third kappa shape index (κ3) is 6.35. The predicted molar refractivity (Wildman–Crippen MR) is 101 cm³/mol. The number of carbonyl (C=O) groups is 3. The van der Waals surface area contributed by atoms with Crippen molar-refractivity contribution in [3.05, 3.63) is 46.5 Å². The maximum atomic E-state index is 12.4. The van der Waals surface area contributed by atoms with Gasteiger partial charge in [-0.1, -0.05) is 43.1 Å². The Morgan fingerprint density at radius 2 is 1.88 bits per heavy atom. The van der Waals surface area contributed by atoms with E-state index in [0.717, 1.165) is 0 Å². The van der Waals surface area contributed by atoms with Crippen LogP contribution in [0.4, 0.5) is 0 Å². The first-order chi connectivity index (χ1) is 12.2. The Morgan fingerprint density at radius 1 is 1.23 bits per heavy atom. The van der Waals surface area contributed by atoms with Gasteiger partial charge in [-0.2, -0.15) is 0 Å². The number of carbonyl (C=O) groups excluding carboxylic acids is 3. The summed E-state index contributed by atoms with van der Waals surface area (Å²) >= 11 is 11.8. The lowest BCUT2D eigenvalue weighted by atomic mass is 10.0. The van der Waals surface area contributed by atoms with Crippen LogP contribution in [0.5, 0.6) is 0 Å². The zero-order valence-corrected chi connectivity index (χ0v) is 16.4. The Labute approximate surface area is 162 Å². The molecule has 0 unspecified atom stereocenters. The summed E-state index contributed by atoms with van der Waals surface area (Å²) in [6.07, 6.45) is 0.513. The van der Waals surface area contributed by atoms with Gasteiger partial charge < -0.3 is 15.4 Å². The van der Waals surface area contributed by atoms with Crippen molar-refractivity contribution in [2.45, 2.75) is 32.9 Å². The number of hydrogen-bond donors (Lipinski definition) is 2. The van der Waals surface area contributed by atoms with E-state index in [0.29, 0.717) is 5.02 Å². The minimum absolute atomic E-state index is 0.169. The van der Waals surface area contributed by atoms with Crippen molar-refractivity contribution in [3.8, 4) is 0 Å². The summed E-state index contributed by atoms with van der Waals surface area (Å²) in [5, 5.41) is 5.69. The Balaban J connectivity index is 2.81. The second kappa shape index (κ2) is 10.2. The van der Waals surface area contributed by atoms with Crippen molar-refractivity contribution in [1.82, 2.24) is 10.6 Å². The van der Waals surface area contributed by atoms with Gasteiger partial charge >= 0.3 is 5.97 Å². The first kappa shape index (κ1) is 22.0. The Hall–Kier alpha value is -2.05. The first-order valence-electron chi connectivity index (χ1n) is 8.02. The zero-order chi connectivity index (χ0) is 19.9. The number of amides is 2. The molecule has 0 saturated heterocycles. The molecule has 6 nitrogen and oxygen atoms in total. The first-order valence-corrected chi connectivity index (χ1v) is 8.78. The standard InChI is InChI=1S/C18H22Cl2N2O4/c1-5-8-21-16(23)11(4)26-18(25)15(10(2)3)22-17(24)13-7-6-12(19)9-14(13)20/h5-7,9-11,15H,1,8H2,2-4H3,(H,21,23)(H,22,24)/t11-,15+/m1/s1. The van der Waals surface area contributed by atoms with Gasteiger partial charge in [0, 0.05) is 11.6 Å². The number of rotatable bonds is 8. The maximum Gasteiger partial charge on any atom is 0.329 e. The fraction of sp³-hybridized carbons (Fsp3) is 0.389. The highest BCUT2D eigenvalue weighted by Crippen LogP contribution is 2.21. The molecule has 0 spiro atoms. The molecule has 0 aromatic heterocycles. The Bertz CT molecular complexity index is 692.